The quantitative estimate of drug-likeness (QED) is 0.552. The minimum absolute atomic E-state index is 0.0801. The summed E-state index contributed by atoms with van der Waals surface area (Å²) in [5, 5.41) is 13.4. The van der Waals surface area contributed by atoms with Crippen molar-refractivity contribution in [3.8, 4) is 0 Å². The number of nitrogens with zero attached hydrogens (tertiary/aromatic N) is 4. The summed E-state index contributed by atoms with van der Waals surface area (Å²) in [5.41, 5.74) is 1.80. The molecule has 1 aliphatic rings. The van der Waals surface area contributed by atoms with Crippen LogP contribution in [-0.2, 0) is 4.79 Å². The lowest BCUT2D eigenvalue weighted by atomic mass is 9.93. The fourth-order valence-corrected chi connectivity index (χ4v) is 4.69. The third-order valence-electron chi connectivity index (χ3n) is 5.56. The van der Waals surface area contributed by atoms with E-state index >= 15 is 0 Å². The highest BCUT2D eigenvalue weighted by Gasteiger charge is 2.26. The molecule has 1 atom stereocenters. The number of rotatable bonds is 9. The maximum absolute atomic E-state index is 11.2. The molecule has 30 heavy (non-hydrogen) atoms. The Morgan fingerprint density at radius 1 is 1.30 bits per heavy atom. The van der Waals surface area contributed by atoms with Crippen LogP contribution in [0.2, 0.25) is 0 Å². The van der Waals surface area contributed by atoms with Crippen molar-refractivity contribution in [2.24, 2.45) is 5.92 Å². The number of hydrogen-bond acceptors (Lipinski definition) is 7. The summed E-state index contributed by atoms with van der Waals surface area (Å²) in [4.78, 5) is 23.0. The third kappa shape index (κ3) is 5.90. The normalized spacial score (nSPS) is 15.9. The Labute approximate surface area is 183 Å². The van der Waals surface area contributed by atoms with Crippen molar-refractivity contribution in [2.45, 2.75) is 78.2 Å². The van der Waals surface area contributed by atoms with Crippen LogP contribution >= 0.6 is 11.5 Å². The van der Waals surface area contributed by atoms with E-state index in [1.807, 2.05) is 26.1 Å². The van der Waals surface area contributed by atoms with Gasteiger partial charge in [0.15, 0.2) is 5.82 Å². The molecule has 0 saturated heterocycles. The maximum Gasteiger partial charge on any atom is 0.303 e. The van der Waals surface area contributed by atoms with Crippen LogP contribution in [0.3, 0.4) is 0 Å². The summed E-state index contributed by atoms with van der Waals surface area (Å²) in [6, 6.07) is 2.52. The molecule has 2 heterocycles. The van der Waals surface area contributed by atoms with Gasteiger partial charge in [-0.05, 0) is 43.2 Å². The Balaban J connectivity index is 1.99. The number of aryl methyl sites for hydroxylation is 1. The molecule has 0 unspecified atom stereocenters. The highest BCUT2D eigenvalue weighted by atomic mass is 32.1. The number of carboxylic acid groups (broad SMARTS) is 1. The topological polar surface area (TPSA) is 91.2 Å². The minimum Gasteiger partial charge on any atom is -0.481 e. The van der Waals surface area contributed by atoms with Crippen molar-refractivity contribution in [2.75, 3.05) is 16.8 Å². The smallest absolute Gasteiger partial charge is 0.303 e. The van der Waals surface area contributed by atoms with Gasteiger partial charge in [0.05, 0.1) is 12.1 Å². The summed E-state index contributed by atoms with van der Waals surface area (Å²) in [6.45, 7) is 9.21. The highest BCUT2D eigenvalue weighted by Crippen LogP contribution is 2.35. The molecule has 7 nitrogen and oxygen atoms in total. The van der Waals surface area contributed by atoms with Crippen molar-refractivity contribution in [1.82, 2.24) is 14.3 Å². The molecule has 0 aliphatic heterocycles. The number of pyridine rings is 1. The van der Waals surface area contributed by atoms with Crippen molar-refractivity contribution in [1.29, 1.82) is 0 Å². The van der Waals surface area contributed by atoms with Gasteiger partial charge in [0.2, 0.25) is 5.13 Å². The molecular formula is C22H33N5O2S. The first-order valence-electron chi connectivity index (χ1n) is 10.9. The lowest BCUT2D eigenvalue weighted by molar-refractivity contribution is -0.137. The lowest BCUT2D eigenvalue weighted by Gasteiger charge is -2.37. The van der Waals surface area contributed by atoms with E-state index < -0.39 is 5.97 Å². The number of anilines is 3. The summed E-state index contributed by atoms with van der Waals surface area (Å²) in [6.07, 6.45) is 8.11. The zero-order valence-electron chi connectivity index (χ0n) is 18.4. The number of nitrogens with one attached hydrogen (secondary N) is 1. The van der Waals surface area contributed by atoms with E-state index in [0.717, 1.165) is 34.6 Å². The van der Waals surface area contributed by atoms with Crippen LogP contribution in [0, 0.1) is 12.8 Å². The molecule has 164 valence electrons. The van der Waals surface area contributed by atoms with Crippen molar-refractivity contribution < 1.29 is 9.90 Å². The van der Waals surface area contributed by atoms with Gasteiger partial charge in [-0.15, -0.1) is 0 Å². The van der Waals surface area contributed by atoms with Crippen LogP contribution < -0.4 is 10.2 Å². The predicted octanol–water partition coefficient (Wildman–Crippen LogP) is 5.36. The molecule has 8 heteroatoms. The number of aromatic nitrogens is 3. The first-order chi connectivity index (χ1) is 14.3. The molecule has 0 spiro atoms. The average molecular weight is 432 g/mol. The Morgan fingerprint density at radius 2 is 2.03 bits per heavy atom. The molecule has 0 aromatic carbocycles. The Bertz CT molecular complexity index is 848. The second-order valence-electron chi connectivity index (χ2n) is 8.75. The zero-order chi connectivity index (χ0) is 21.7. The summed E-state index contributed by atoms with van der Waals surface area (Å²) in [5.74, 6) is 1.25. The van der Waals surface area contributed by atoms with E-state index in [2.05, 4.69) is 33.4 Å². The van der Waals surface area contributed by atoms with E-state index in [0.29, 0.717) is 12.0 Å². The molecule has 3 rings (SSSR count). The summed E-state index contributed by atoms with van der Waals surface area (Å²) >= 11 is 1.33. The highest BCUT2D eigenvalue weighted by molar-refractivity contribution is 7.09. The molecule has 2 N–H and O–H groups in total. The molecule has 1 fully saturated rings. The SMILES string of the molecule is Cc1nsc(Nc2cc([C@H](C)CC(=O)O)cnc2N(CC(C)C)C2CCCCC2)n1. The first kappa shape index (κ1) is 22.5. The van der Waals surface area contributed by atoms with Gasteiger partial charge in [-0.1, -0.05) is 40.0 Å². The van der Waals surface area contributed by atoms with Crippen molar-refractivity contribution in [3.05, 3.63) is 23.7 Å². The van der Waals surface area contributed by atoms with Crippen molar-refractivity contribution in [3.63, 3.8) is 0 Å². The van der Waals surface area contributed by atoms with Crippen molar-refractivity contribution >= 4 is 34.1 Å². The molecule has 0 radical (unpaired) electrons. The fraction of sp³-hybridized carbons (Fsp3) is 0.636. The molecule has 1 saturated carbocycles. The van der Waals surface area contributed by atoms with Crippen LogP contribution in [0.4, 0.5) is 16.6 Å². The fourth-order valence-electron chi connectivity index (χ4n) is 4.10. The van der Waals surface area contributed by atoms with E-state index in [1.54, 1.807) is 0 Å². The minimum atomic E-state index is -0.801. The van der Waals surface area contributed by atoms with Gasteiger partial charge in [-0.25, -0.2) is 9.97 Å². The predicted molar refractivity (Wildman–Crippen MR) is 122 cm³/mol. The van der Waals surface area contributed by atoms with E-state index in [1.165, 1.54) is 43.6 Å². The van der Waals surface area contributed by atoms with Gasteiger partial charge < -0.3 is 15.3 Å². The maximum atomic E-state index is 11.2. The third-order valence-corrected chi connectivity index (χ3v) is 6.28. The number of hydrogen-bond donors (Lipinski definition) is 2. The molecule has 2 aromatic rings. The second-order valence-corrected chi connectivity index (χ2v) is 9.50. The zero-order valence-corrected chi connectivity index (χ0v) is 19.2. The monoisotopic (exact) mass is 431 g/mol. The molecule has 0 bridgehead atoms. The van der Waals surface area contributed by atoms with E-state index in [-0.39, 0.29) is 12.3 Å². The van der Waals surface area contributed by atoms with Gasteiger partial charge in [-0.3, -0.25) is 4.79 Å². The first-order valence-corrected chi connectivity index (χ1v) is 11.7. The second kappa shape index (κ2) is 10.2. The van der Waals surface area contributed by atoms with Crippen LogP contribution in [-0.4, -0.2) is 38.0 Å². The van der Waals surface area contributed by atoms with Gasteiger partial charge >= 0.3 is 5.97 Å². The van der Waals surface area contributed by atoms with Gasteiger partial charge in [0.1, 0.15) is 5.82 Å². The number of carbonyl (C=O) groups is 1. The number of carboxylic acids is 1. The summed E-state index contributed by atoms with van der Waals surface area (Å²) < 4.78 is 4.28. The lowest BCUT2D eigenvalue weighted by Crippen LogP contribution is -2.40. The van der Waals surface area contributed by atoms with Crippen LogP contribution in [0.5, 0.6) is 0 Å². The molecule has 0 amide bonds. The van der Waals surface area contributed by atoms with E-state index in [9.17, 15) is 9.90 Å². The molecular weight excluding hydrogens is 398 g/mol. The summed E-state index contributed by atoms with van der Waals surface area (Å²) in [7, 11) is 0. The molecule has 1 aliphatic carbocycles. The standard InChI is InChI=1S/C22H33N5O2S/c1-14(2)13-27(18-8-6-5-7-9-18)21-19(25-22-24-16(4)26-30-22)11-17(12-23-21)15(3)10-20(28)29/h11-12,14-15,18H,5-10,13H2,1-4H3,(H,28,29)(H,24,25,26)/t15-/m1/s1. The Kier molecular flexibility index (Phi) is 7.64. The Morgan fingerprint density at radius 3 is 2.63 bits per heavy atom. The largest absolute Gasteiger partial charge is 0.481 e. The number of aliphatic carboxylic acids is 1. The van der Waals surface area contributed by atoms with Crippen LogP contribution in [0.25, 0.3) is 0 Å². The van der Waals surface area contributed by atoms with Gasteiger partial charge in [0.25, 0.3) is 0 Å². The van der Waals surface area contributed by atoms with Crippen LogP contribution in [0.1, 0.15) is 76.6 Å². The van der Waals surface area contributed by atoms with Gasteiger partial charge in [0, 0.05) is 30.3 Å². The van der Waals surface area contributed by atoms with Crippen LogP contribution in [0.15, 0.2) is 12.3 Å². The average Bonchev–Trinajstić information content (AvgIpc) is 3.11. The van der Waals surface area contributed by atoms with Gasteiger partial charge in [-0.2, -0.15) is 4.37 Å². The molecule has 2 aromatic heterocycles. The van der Waals surface area contributed by atoms with E-state index in [4.69, 9.17) is 4.98 Å². The Hall–Kier alpha value is -2.22.